The lowest BCUT2D eigenvalue weighted by molar-refractivity contribution is -0.384. The molecule has 1 aliphatic heterocycles. The maximum absolute atomic E-state index is 13.7. The number of hydrogen-bond donors (Lipinski definition) is 1. The molecule has 0 bridgehead atoms. The van der Waals surface area contributed by atoms with Crippen molar-refractivity contribution in [2.24, 2.45) is 0 Å². The molecule has 162 valence electrons. The van der Waals surface area contributed by atoms with Crippen LogP contribution < -0.4 is 15.0 Å². The number of benzene rings is 3. The predicted octanol–water partition coefficient (Wildman–Crippen LogP) is 3.95. The number of para-hydroxylation sites is 2. The molecule has 1 heterocycles. The van der Waals surface area contributed by atoms with Gasteiger partial charge in [-0.15, -0.1) is 0 Å². The summed E-state index contributed by atoms with van der Waals surface area (Å²) in [4.78, 5) is 37.5. The number of fused-ring (bicyclic) bond motifs is 1. The summed E-state index contributed by atoms with van der Waals surface area (Å²) in [5.41, 5.74) is 1.46. The number of ether oxygens (including phenoxy) is 1. The first-order valence-electron chi connectivity index (χ1n) is 9.79. The lowest BCUT2D eigenvalue weighted by Gasteiger charge is -2.19. The number of halogens is 1. The zero-order chi connectivity index (χ0) is 22.7. The number of rotatable bonds is 6. The molecule has 0 spiro atoms. The van der Waals surface area contributed by atoms with Gasteiger partial charge in [-0.05, 0) is 36.2 Å². The van der Waals surface area contributed by atoms with Crippen molar-refractivity contribution < 1.29 is 23.6 Å². The van der Waals surface area contributed by atoms with Crippen molar-refractivity contribution in [3.05, 3.63) is 93.8 Å². The van der Waals surface area contributed by atoms with E-state index in [0.29, 0.717) is 18.7 Å². The zero-order valence-electron chi connectivity index (χ0n) is 16.8. The van der Waals surface area contributed by atoms with Gasteiger partial charge in [-0.2, -0.15) is 0 Å². The Morgan fingerprint density at radius 2 is 1.84 bits per heavy atom. The third-order valence-corrected chi connectivity index (χ3v) is 5.04. The summed E-state index contributed by atoms with van der Waals surface area (Å²) in [6, 6.07) is 16.6. The minimum Gasteiger partial charge on any atom is -0.483 e. The number of carbonyl (C=O) groups is 2. The molecule has 1 aliphatic rings. The van der Waals surface area contributed by atoms with Gasteiger partial charge < -0.3 is 15.0 Å². The van der Waals surface area contributed by atoms with E-state index in [1.54, 1.807) is 36.4 Å². The molecule has 0 atom stereocenters. The van der Waals surface area contributed by atoms with Crippen LogP contribution in [0.3, 0.4) is 0 Å². The fraction of sp³-hybridized carbons (Fsp3) is 0.130. The summed E-state index contributed by atoms with van der Waals surface area (Å²) in [5.74, 6) is -1.37. The molecule has 3 aromatic rings. The molecule has 9 heteroatoms. The Kier molecular flexibility index (Phi) is 5.80. The highest BCUT2D eigenvalue weighted by molar-refractivity contribution is 6.09. The van der Waals surface area contributed by atoms with Gasteiger partial charge in [0.1, 0.15) is 11.6 Å². The summed E-state index contributed by atoms with van der Waals surface area (Å²) in [7, 11) is 0. The van der Waals surface area contributed by atoms with Crippen LogP contribution in [0.1, 0.15) is 15.9 Å². The van der Waals surface area contributed by atoms with Gasteiger partial charge in [-0.1, -0.05) is 30.3 Å². The Balaban J connectivity index is 1.50. The highest BCUT2D eigenvalue weighted by atomic mass is 19.1. The second-order valence-corrected chi connectivity index (χ2v) is 7.09. The Morgan fingerprint density at radius 3 is 2.62 bits per heavy atom. The smallest absolute Gasteiger partial charge is 0.271 e. The minimum absolute atomic E-state index is 0.0285. The molecule has 8 nitrogen and oxygen atoms in total. The zero-order valence-corrected chi connectivity index (χ0v) is 16.8. The Bertz CT molecular complexity index is 1210. The maximum atomic E-state index is 13.7. The number of anilines is 2. The van der Waals surface area contributed by atoms with Gasteiger partial charge in [0.15, 0.2) is 6.61 Å². The van der Waals surface area contributed by atoms with E-state index in [4.69, 9.17) is 4.74 Å². The van der Waals surface area contributed by atoms with Crippen LogP contribution in [0.15, 0.2) is 66.7 Å². The van der Waals surface area contributed by atoms with Crippen LogP contribution in [0.2, 0.25) is 0 Å². The summed E-state index contributed by atoms with van der Waals surface area (Å²) in [5, 5.41) is 13.5. The van der Waals surface area contributed by atoms with Crippen molar-refractivity contribution in [1.82, 2.24) is 0 Å². The number of nitrogens with one attached hydrogen (secondary N) is 1. The number of carbonyl (C=O) groups excluding carboxylic acids is 2. The van der Waals surface area contributed by atoms with E-state index in [9.17, 15) is 24.1 Å². The predicted molar refractivity (Wildman–Crippen MR) is 115 cm³/mol. The van der Waals surface area contributed by atoms with Crippen molar-refractivity contribution >= 4 is 28.9 Å². The molecule has 0 aromatic heterocycles. The summed E-state index contributed by atoms with van der Waals surface area (Å²) in [6.45, 7) is -0.0574. The number of non-ortho nitro benzene ring substituents is 1. The molecule has 1 N–H and O–H groups in total. The lowest BCUT2D eigenvalue weighted by atomic mass is 10.1. The molecule has 0 saturated carbocycles. The van der Waals surface area contributed by atoms with E-state index in [1.807, 2.05) is 0 Å². The second-order valence-electron chi connectivity index (χ2n) is 7.09. The first-order chi connectivity index (χ1) is 15.4. The van der Waals surface area contributed by atoms with E-state index in [1.165, 1.54) is 35.2 Å². The van der Waals surface area contributed by atoms with Crippen LogP contribution in [-0.2, 0) is 11.2 Å². The van der Waals surface area contributed by atoms with E-state index < -0.39 is 29.2 Å². The van der Waals surface area contributed by atoms with E-state index in [0.717, 1.165) is 5.56 Å². The van der Waals surface area contributed by atoms with Gasteiger partial charge in [-0.3, -0.25) is 19.7 Å². The number of nitro groups is 1. The number of nitrogens with zero attached hydrogens (tertiary/aromatic N) is 2. The molecule has 0 unspecified atom stereocenters. The van der Waals surface area contributed by atoms with Gasteiger partial charge in [0.05, 0.1) is 21.9 Å². The summed E-state index contributed by atoms with van der Waals surface area (Å²) in [6.07, 6.45) is 0.577. The SMILES string of the molecule is O=C(COc1ccccc1C(=O)N1CCc2ccc([N+](=O)[O-])cc21)Nc1ccccc1F. The third-order valence-electron chi connectivity index (χ3n) is 5.04. The number of amides is 2. The molecule has 0 saturated heterocycles. The van der Waals surface area contributed by atoms with Gasteiger partial charge >= 0.3 is 0 Å². The molecule has 4 rings (SSSR count). The molecular weight excluding hydrogens is 417 g/mol. The number of nitro benzene ring substituents is 1. The van der Waals surface area contributed by atoms with Gasteiger partial charge in [0.2, 0.25) is 0 Å². The molecule has 0 aliphatic carbocycles. The first-order valence-corrected chi connectivity index (χ1v) is 9.79. The minimum atomic E-state index is -0.584. The van der Waals surface area contributed by atoms with Crippen molar-refractivity contribution in [3.8, 4) is 5.75 Å². The topological polar surface area (TPSA) is 102 Å². The Labute approximate surface area is 182 Å². The number of hydrogen-bond acceptors (Lipinski definition) is 5. The van der Waals surface area contributed by atoms with Crippen LogP contribution in [-0.4, -0.2) is 29.9 Å². The largest absolute Gasteiger partial charge is 0.483 e. The molecule has 32 heavy (non-hydrogen) atoms. The van der Waals surface area contributed by atoms with Crippen molar-refractivity contribution in [3.63, 3.8) is 0 Å². The molecule has 0 fully saturated rings. The van der Waals surface area contributed by atoms with Gasteiger partial charge in [0, 0.05) is 18.7 Å². The summed E-state index contributed by atoms with van der Waals surface area (Å²) >= 11 is 0. The van der Waals surface area contributed by atoms with Gasteiger partial charge in [0.25, 0.3) is 17.5 Å². The van der Waals surface area contributed by atoms with Crippen LogP contribution >= 0.6 is 0 Å². The lowest BCUT2D eigenvalue weighted by Crippen LogP contribution is -2.29. The van der Waals surface area contributed by atoms with Crippen molar-refractivity contribution in [2.75, 3.05) is 23.4 Å². The molecule has 3 aromatic carbocycles. The molecular formula is C23H18FN3O5. The standard InChI is InChI=1S/C23H18FN3O5/c24-18-6-2-3-7-19(18)25-22(28)14-32-21-8-4-1-5-17(21)23(29)26-12-11-15-9-10-16(27(30)31)13-20(15)26/h1-10,13H,11-12,14H2,(H,25,28). The van der Waals surface area contributed by atoms with Crippen LogP contribution in [0.4, 0.5) is 21.5 Å². The monoisotopic (exact) mass is 435 g/mol. The first kappa shape index (κ1) is 21.0. The Hall–Kier alpha value is -4.27. The van der Waals surface area contributed by atoms with E-state index >= 15 is 0 Å². The normalized spacial score (nSPS) is 12.2. The fourth-order valence-corrected chi connectivity index (χ4v) is 3.50. The summed E-state index contributed by atoms with van der Waals surface area (Å²) < 4.78 is 19.3. The molecule has 2 amide bonds. The second kappa shape index (κ2) is 8.84. The average Bonchev–Trinajstić information content (AvgIpc) is 3.22. The fourth-order valence-electron chi connectivity index (χ4n) is 3.50. The Morgan fingerprint density at radius 1 is 1.09 bits per heavy atom. The molecule has 0 radical (unpaired) electrons. The highest BCUT2D eigenvalue weighted by Gasteiger charge is 2.29. The third kappa shape index (κ3) is 4.27. The van der Waals surface area contributed by atoms with Crippen molar-refractivity contribution in [2.45, 2.75) is 6.42 Å². The highest BCUT2D eigenvalue weighted by Crippen LogP contribution is 2.34. The van der Waals surface area contributed by atoms with E-state index in [2.05, 4.69) is 5.32 Å². The maximum Gasteiger partial charge on any atom is 0.271 e. The van der Waals surface area contributed by atoms with Crippen molar-refractivity contribution in [1.29, 1.82) is 0 Å². The van der Waals surface area contributed by atoms with Crippen LogP contribution in [0.5, 0.6) is 5.75 Å². The average molecular weight is 435 g/mol. The van der Waals surface area contributed by atoms with Gasteiger partial charge in [-0.25, -0.2) is 4.39 Å². The van der Waals surface area contributed by atoms with Crippen LogP contribution in [0, 0.1) is 15.9 Å². The van der Waals surface area contributed by atoms with Crippen LogP contribution in [0.25, 0.3) is 0 Å². The quantitative estimate of drug-likeness (QED) is 0.467. The van der Waals surface area contributed by atoms with E-state index in [-0.39, 0.29) is 22.7 Å².